The van der Waals surface area contributed by atoms with Crippen LogP contribution < -0.4 is 15.4 Å². The molecule has 3 aliphatic heterocycles. The zero-order chi connectivity index (χ0) is 30.1. The number of nitrogens with zero attached hydrogens (tertiary/aromatic N) is 4. The van der Waals surface area contributed by atoms with Crippen LogP contribution in [0.1, 0.15) is 26.2 Å². The van der Waals surface area contributed by atoms with Crippen molar-refractivity contribution in [3.05, 3.63) is 18.3 Å². The minimum Gasteiger partial charge on any atom is -0.472 e. The van der Waals surface area contributed by atoms with Gasteiger partial charge in [0.2, 0.25) is 11.5 Å². The summed E-state index contributed by atoms with van der Waals surface area (Å²) in [7, 11) is 0.958. The van der Waals surface area contributed by atoms with Gasteiger partial charge in [0.15, 0.2) is 17.6 Å². The normalized spacial score (nSPS) is 35.1. The summed E-state index contributed by atoms with van der Waals surface area (Å²) in [6, 6.07) is 0.294. The molecule has 2 N–H and O–H groups in total. The number of nitrogens with one attached hydrogen (secondary N) is 2. The zero-order valence-electron chi connectivity index (χ0n) is 22.8. The fourth-order valence-electron chi connectivity index (χ4n) is 7.67. The predicted molar refractivity (Wildman–Crippen MR) is 135 cm³/mol. The van der Waals surface area contributed by atoms with Gasteiger partial charge >= 0.3 is 6.09 Å². The number of ether oxygens (including phenoxy) is 2. The number of anilines is 1. The number of alkyl carbamates (subject to hydrolysis) is 1. The van der Waals surface area contributed by atoms with Crippen molar-refractivity contribution < 1.29 is 41.8 Å². The molecule has 1 aromatic heterocycles. The van der Waals surface area contributed by atoms with E-state index >= 15 is 4.39 Å². The molecule has 2 saturated carbocycles. The Labute approximate surface area is 238 Å². The van der Waals surface area contributed by atoms with E-state index < -0.39 is 71.5 Å². The monoisotopic (exact) mass is 590 g/mol. The van der Waals surface area contributed by atoms with Gasteiger partial charge in [-0.15, -0.1) is 0 Å². The number of aromatic nitrogens is 1. The molecule has 6 rings (SSSR count). The summed E-state index contributed by atoms with van der Waals surface area (Å²) in [4.78, 5) is 59.3. The maximum Gasteiger partial charge on any atom is 0.407 e. The Hall–Kier alpha value is -4.09. The van der Waals surface area contributed by atoms with Gasteiger partial charge in [-0.05, 0) is 48.6 Å². The number of rotatable bonds is 4. The lowest BCUT2D eigenvalue weighted by molar-refractivity contribution is -0.152. The standard InChI is InChI=1S/C27H29F3N6O6/c1-26(29,30)20(33-25(40)41-2)23(38)35-10-15-12-6-14(16(28)7-12)18(15)19(35)22(37)36-11-27(8-13(36)9-31)24(39)34-21-17(42-27)4-3-5-32-21/h3-5,12-16,18-20H,6-8,10-11H2,1-2H3,(H,33,40)(H,32,34,39)/t12-,13-,14+,15+,16+,18-,19-,20+,27+/m0/s1. The van der Waals surface area contributed by atoms with Crippen molar-refractivity contribution in [2.45, 2.75) is 62.0 Å². The lowest BCUT2D eigenvalue weighted by Gasteiger charge is -2.37. The molecule has 42 heavy (non-hydrogen) atoms. The molecule has 0 radical (unpaired) electrons. The first-order chi connectivity index (χ1) is 19.9. The van der Waals surface area contributed by atoms with Crippen LogP contribution in [-0.4, -0.2) is 94.6 Å². The fourth-order valence-corrected chi connectivity index (χ4v) is 7.67. The van der Waals surface area contributed by atoms with Crippen LogP contribution in [0.3, 0.4) is 0 Å². The molecule has 4 fully saturated rings. The molecule has 12 nitrogen and oxygen atoms in total. The Morgan fingerprint density at radius 1 is 1.31 bits per heavy atom. The van der Waals surface area contributed by atoms with Gasteiger partial charge in [-0.1, -0.05) is 0 Å². The summed E-state index contributed by atoms with van der Waals surface area (Å²) in [5.74, 6) is -7.63. The van der Waals surface area contributed by atoms with Crippen molar-refractivity contribution in [3.63, 3.8) is 0 Å². The van der Waals surface area contributed by atoms with Crippen molar-refractivity contribution in [2.75, 3.05) is 25.5 Å². The Kier molecular flexibility index (Phi) is 6.50. The van der Waals surface area contributed by atoms with Crippen LogP contribution >= 0.6 is 0 Å². The predicted octanol–water partition coefficient (Wildman–Crippen LogP) is 1.48. The van der Waals surface area contributed by atoms with Crippen LogP contribution in [0.4, 0.5) is 23.8 Å². The molecule has 0 aromatic carbocycles. The summed E-state index contributed by atoms with van der Waals surface area (Å²) in [5, 5.41) is 14.5. The van der Waals surface area contributed by atoms with E-state index in [0.29, 0.717) is 13.3 Å². The fraction of sp³-hybridized carbons (Fsp3) is 0.630. The summed E-state index contributed by atoms with van der Waals surface area (Å²) in [6.07, 6.45) is -0.481. The largest absolute Gasteiger partial charge is 0.472 e. The Balaban J connectivity index is 1.34. The third-order valence-electron chi connectivity index (χ3n) is 9.49. The van der Waals surface area contributed by atoms with E-state index in [-0.39, 0.29) is 49.3 Å². The highest BCUT2D eigenvalue weighted by atomic mass is 19.3. The number of fused-ring (bicyclic) bond motifs is 6. The molecule has 15 heteroatoms. The number of likely N-dealkylation sites (tertiary alicyclic amines) is 2. The summed E-state index contributed by atoms with van der Waals surface area (Å²) in [6.45, 7) is 0.0126. The van der Waals surface area contributed by atoms with E-state index in [1.807, 2.05) is 11.4 Å². The minimum atomic E-state index is -3.74. The zero-order valence-corrected chi connectivity index (χ0v) is 22.8. The molecule has 4 amide bonds. The van der Waals surface area contributed by atoms with Crippen molar-refractivity contribution in [3.8, 4) is 11.8 Å². The van der Waals surface area contributed by atoms with E-state index in [9.17, 15) is 33.2 Å². The van der Waals surface area contributed by atoms with E-state index in [4.69, 9.17) is 4.74 Å². The second-order valence-electron chi connectivity index (χ2n) is 11.8. The second kappa shape index (κ2) is 9.74. The van der Waals surface area contributed by atoms with Crippen molar-refractivity contribution in [2.24, 2.45) is 23.7 Å². The molecule has 2 bridgehead atoms. The summed E-state index contributed by atoms with van der Waals surface area (Å²) in [5.41, 5.74) is -1.64. The highest BCUT2D eigenvalue weighted by molar-refractivity contribution is 6.01. The second-order valence-corrected chi connectivity index (χ2v) is 11.8. The van der Waals surface area contributed by atoms with Gasteiger partial charge in [0.05, 0.1) is 19.7 Å². The number of alkyl halides is 3. The molecule has 224 valence electrons. The highest BCUT2D eigenvalue weighted by Crippen LogP contribution is 2.59. The number of nitriles is 1. The molecule has 2 saturated heterocycles. The van der Waals surface area contributed by atoms with Crippen LogP contribution in [0.2, 0.25) is 0 Å². The molecule has 4 heterocycles. The number of pyridine rings is 1. The number of amides is 4. The molecular formula is C27H29F3N6O6. The number of carbonyl (C=O) groups is 4. The van der Waals surface area contributed by atoms with E-state index in [1.165, 1.54) is 6.20 Å². The number of hydrogen-bond donors (Lipinski definition) is 2. The van der Waals surface area contributed by atoms with Crippen molar-refractivity contribution in [1.29, 1.82) is 5.26 Å². The first kappa shape index (κ1) is 28.0. The average molecular weight is 591 g/mol. The van der Waals surface area contributed by atoms with Crippen LogP contribution in [0.25, 0.3) is 0 Å². The van der Waals surface area contributed by atoms with Crippen molar-refractivity contribution in [1.82, 2.24) is 20.1 Å². The third kappa shape index (κ3) is 4.21. The number of carbonyl (C=O) groups excluding carboxylic acids is 4. The summed E-state index contributed by atoms with van der Waals surface area (Å²) >= 11 is 0. The van der Waals surface area contributed by atoms with Gasteiger partial charge in [0.25, 0.3) is 17.7 Å². The number of hydrogen-bond acceptors (Lipinski definition) is 8. The highest BCUT2D eigenvalue weighted by Gasteiger charge is 2.65. The summed E-state index contributed by atoms with van der Waals surface area (Å²) < 4.78 is 54.8. The van der Waals surface area contributed by atoms with Gasteiger partial charge in [-0.2, -0.15) is 5.26 Å². The van der Waals surface area contributed by atoms with E-state index in [0.717, 1.165) is 16.9 Å². The molecule has 0 unspecified atom stereocenters. The quantitative estimate of drug-likeness (QED) is 0.535. The first-order valence-electron chi connectivity index (χ1n) is 13.7. The topological polar surface area (TPSA) is 154 Å². The number of halogens is 3. The maximum absolute atomic E-state index is 15.0. The lowest BCUT2D eigenvalue weighted by atomic mass is 9.77. The van der Waals surface area contributed by atoms with Crippen LogP contribution in [0.15, 0.2) is 18.3 Å². The molecule has 2 aliphatic carbocycles. The molecule has 1 spiro atoms. The average Bonchev–Trinajstić information content (AvgIpc) is 3.70. The maximum atomic E-state index is 15.0. The van der Waals surface area contributed by atoms with Crippen LogP contribution in [-0.2, 0) is 19.1 Å². The molecule has 5 aliphatic rings. The Bertz CT molecular complexity index is 1380. The smallest absolute Gasteiger partial charge is 0.407 e. The SMILES string of the molecule is COC(=O)N[C@H](C(=O)N1C[C@@H]2[C@H]3C[C@@H]([C@@H]2[C@H]1C(=O)N1C[C@@]2(C[C@H]1C#N)Oc1cccnc1NC2=O)[C@H](F)C3)C(C)(F)F. The Morgan fingerprint density at radius 2 is 2.07 bits per heavy atom. The first-order valence-corrected chi connectivity index (χ1v) is 13.7. The van der Waals surface area contributed by atoms with Crippen LogP contribution in [0.5, 0.6) is 5.75 Å². The third-order valence-corrected chi connectivity index (χ3v) is 9.49. The van der Waals surface area contributed by atoms with E-state index in [1.54, 1.807) is 12.1 Å². The molecular weight excluding hydrogens is 561 g/mol. The van der Waals surface area contributed by atoms with Gasteiger partial charge in [-0.3, -0.25) is 14.4 Å². The molecule has 9 atom stereocenters. The number of methoxy groups -OCH3 is 1. The van der Waals surface area contributed by atoms with Crippen molar-refractivity contribution >= 4 is 29.6 Å². The molecule has 1 aromatic rings. The van der Waals surface area contributed by atoms with Gasteiger partial charge in [0.1, 0.15) is 18.3 Å². The van der Waals surface area contributed by atoms with Gasteiger partial charge < -0.3 is 29.9 Å². The minimum absolute atomic E-state index is 0.0878. The van der Waals surface area contributed by atoms with Gasteiger partial charge in [-0.25, -0.2) is 22.9 Å². The van der Waals surface area contributed by atoms with Crippen LogP contribution in [0, 0.1) is 35.0 Å². The van der Waals surface area contributed by atoms with Gasteiger partial charge in [0, 0.05) is 26.1 Å². The lowest BCUT2D eigenvalue weighted by Crippen LogP contribution is -2.61. The van der Waals surface area contributed by atoms with E-state index in [2.05, 4.69) is 15.0 Å². The Morgan fingerprint density at radius 3 is 2.76 bits per heavy atom.